The van der Waals surface area contributed by atoms with Crippen LogP contribution in [0.3, 0.4) is 0 Å². The summed E-state index contributed by atoms with van der Waals surface area (Å²) in [7, 11) is 1.93. The van der Waals surface area contributed by atoms with Crippen LogP contribution in [0.4, 0.5) is 11.5 Å². The molecule has 1 aliphatic heterocycles. The summed E-state index contributed by atoms with van der Waals surface area (Å²) >= 11 is 0. The molecule has 0 aromatic carbocycles. The molecular formula is C13H24N4O. The quantitative estimate of drug-likeness (QED) is 0.838. The summed E-state index contributed by atoms with van der Waals surface area (Å²) in [6.45, 7) is 6.04. The zero-order valence-corrected chi connectivity index (χ0v) is 11.6. The summed E-state index contributed by atoms with van der Waals surface area (Å²) in [5.41, 5.74) is 7.84. The van der Waals surface area contributed by atoms with Gasteiger partial charge in [-0.15, -0.1) is 0 Å². The first kappa shape index (κ1) is 13.2. The second kappa shape index (κ2) is 5.61. The third-order valence-electron chi connectivity index (χ3n) is 3.78. The molecule has 2 atom stereocenters. The lowest BCUT2D eigenvalue weighted by Crippen LogP contribution is -2.23. The summed E-state index contributed by atoms with van der Waals surface area (Å²) in [5.74, 6) is 1.52. The molecule has 2 unspecified atom stereocenters. The number of ether oxygens (including phenoxy) is 1. The van der Waals surface area contributed by atoms with Crippen molar-refractivity contribution in [1.82, 2.24) is 9.78 Å². The maximum atomic E-state index is 6.09. The van der Waals surface area contributed by atoms with Gasteiger partial charge in [-0.25, -0.2) is 0 Å². The topological polar surface area (TPSA) is 65.1 Å². The summed E-state index contributed by atoms with van der Waals surface area (Å²) in [6, 6.07) is 0. The van der Waals surface area contributed by atoms with Crippen LogP contribution in [0.15, 0.2) is 0 Å². The first-order valence-electron chi connectivity index (χ1n) is 6.84. The SMILES string of the molecule is CCc1nn(C)c(NCC2CCOC2CC)c1N. The van der Waals surface area contributed by atoms with Crippen molar-refractivity contribution in [2.24, 2.45) is 13.0 Å². The monoisotopic (exact) mass is 252 g/mol. The van der Waals surface area contributed by atoms with Gasteiger partial charge in [0.15, 0.2) is 0 Å². The Morgan fingerprint density at radius 3 is 2.89 bits per heavy atom. The number of hydrogen-bond donors (Lipinski definition) is 2. The molecule has 1 saturated heterocycles. The van der Waals surface area contributed by atoms with Crippen molar-refractivity contribution >= 4 is 11.5 Å². The molecule has 1 fully saturated rings. The lowest BCUT2D eigenvalue weighted by molar-refractivity contribution is 0.0900. The fourth-order valence-corrected chi connectivity index (χ4v) is 2.67. The van der Waals surface area contributed by atoms with Gasteiger partial charge in [-0.05, 0) is 19.3 Å². The van der Waals surface area contributed by atoms with Gasteiger partial charge in [0.25, 0.3) is 0 Å². The summed E-state index contributed by atoms with van der Waals surface area (Å²) in [5, 5.41) is 7.85. The Morgan fingerprint density at radius 2 is 2.28 bits per heavy atom. The number of anilines is 2. The molecule has 5 nitrogen and oxygen atoms in total. The van der Waals surface area contributed by atoms with E-state index in [-0.39, 0.29) is 0 Å². The lowest BCUT2D eigenvalue weighted by Gasteiger charge is -2.18. The number of rotatable bonds is 5. The largest absolute Gasteiger partial charge is 0.394 e. The molecule has 5 heteroatoms. The highest BCUT2D eigenvalue weighted by molar-refractivity contribution is 5.65. The van der Waals surface area contributed by atoms with Gasteiger partial charge < -0.3 is 15.8 Å². The second-order valence-electron chi connectivity index (χ2n) is 4.93. The van der Waals surface area contributed by atoms with Crippen LogP contribution < -0.4 is 11.1 Å². The number of aryl methyl sites for hydroxylation is 2. The van der Waals surface area contributed by atoms with Gasteiger partial charge in [-0.1, -0.05) is 13.8 Å². The minimum Gasteiger partial charge on any atom is -0.394 e. The fourth-order valence-electron chi connectivity index (χ4n) is 2.67. The predicted molar refractivity (Wildman–Crippen MR) is 73.6 cm³/mol. The maximum Gasteiger partial charge on any atom is 0.147 e. The highest BCUT2D eigenvalue weighted by Crippen LogP contribution is 2.26. The average Bonchev–Trinajstić information content (AvgIpc) is 2.92. The van der Waals surface area contributed by atoms with Gasteiger partial charge in [0, 0.05) is 26.1 Å². The summed E-state index contributed by atoms with van der Waals surface area (Å²) in [4.78, 5) is 0. The van der Waals surface area contributed by atoms with E-state index in [1.807, 2.05) is 11.7 Å². The van der Waals surface area contributed by atoms with Crippen LogP contribution in [-0.4, -0.2) is 29.0 Å². The van der Waals surface area contributed by atoms with E-state index in [0.29, 0.717) is 12.0 Å². The number of nitrogens with two attached hydrogens (primary N) is 1. The first-order chi connectivity index (χ1) is 8.67. The number of hydrogen-bond acceptors (Lipinski definition) is 4. The van der Waals surface area contributed by atoms with Crippen molar-refractivity contribution in [3.05, 3.63) is 5.69 Å². The smallest absolute Gasteiger partial charge is 0.147 e. The molecule has 1 aromatic heterocycles. The molecule has 18 heavy (non-hydrogen) atoms. The Kier molecular flexibility index (Phi) is 4.11. The highest BCUT2D eigenvalue weighted by Gasteiger charge is 2.26. The molecule has 0 amide bonds. The fraction of sp³-hybridized carbons (Fsp3) is 0.769. The van der Waals surface area contributed by atoms with E-state index in [1.54, 1.807) is 0 Å². The van der Waals surface area contributed by atoms with Crippen LogP contribution in [0, 0.1) is 5.92 Å². The molecule has 0 saturated carbocycles. The standard InChI is InChI=1S/C13H24N4O/c1-4-10-12(14)13(17(3)16-10)15-8-9-6-7-18-11(9)5-2/h9,11,15H,4-8,14H2,1-3H3. The Bertz CT molecular complexity index is 402. The Morgan fingerprint density at radius 1 is 1.50 bits per heavy atom. The predicted octanol–water partition coefficient (Wildman–Crippen LogP) is 1.79. The van der Waals surface area contributed by atoms with Crippen molar-refractivity contribution in [2.45, 2.75) is 39.2 Å². The highest BCUT2D eigenvalue weighted by atomic mass is 16.5. The molecular weight excluding hydrogens is 228 g/mol. The van der Waals surface area contributed by atoms with E-state index in [4.69, 9.17) is 10.5 Å². The van der Waals surface area contributed by atoms with Gasteiger partial charge in [0.2, 0.25) is 0 Å². The van der Waals surface area contributed by atoms with E-state index in [2.05, 4.69) is 24.3 Å². The van der Waals surface area contributed by atoms with E-state index in [1.165, 1.54) is 0 Å². The van der Waals surface area contributed by atoms with Gasteiger partial charge in [0.05, 0.1) is 17.5 Å². The summed E-state index contributed by atoms with van der Waals surface area (Å²) in [6.07, 6.45) is 3.46. The van der Waals surface area contributed by atoms with Gasteiger partial charge in [-0.2, -0.15) is 5.10 Å². The van der Waals surface area contributed by atoms with E-state index in [0.717, 1.165) is 49.6 Å². The minimum atomic E-state index is 0.387. The van der Waals surface area contributed by atoms with E-state index in [9.17, 15) is 0 Å². The molecule has 2 rings (SSSR count). The van der Waals surface area contributed by atoms with Crippen molar-refractivity contribution in [3.8, 4) is 0 Å². The lowest BCUT2D eigenvalue weighted by atomic mass is 10.00. The Hall–Kier alpha value is -1.23. The van der Waals surface area contributed by atoms with Crippen molar-refractivity contribution in [1.29, 1.82) is 0 Å². The minimum absolute atomic E-state index is 0.387. The first-order valence-corrected chi connectivity index (χ1v) is 6.84. The van der Waals surface area contributed by atoms with Crippen molar-refractivity contribution in [3.63, 3.8) is 0 Å². The number of nitrogen functional groups attached to an aromatic ring is 1. The average molecular weight is 252 g/mol. The van der Waals surface area contributed by atoms with Crippen LogP contribution in [0.25, 0.3) is 0 Å². The van der Waals surface area contributed by atoms with Gasteiger partial charge >= 0.3 is 0 Å². The van der Waals surface area contributed by atoms with Crippen molar-refractivity contribution < 1.29 is 4.74 Å². The zero-order chi connectivity index (χ0) is 13.1. The number of nitrogens with zero attached hydrogens (tertiary/aromatic N) is 2. The summed E-state index contributed by atoms with van der Waals surface area (Å²) < 4.78 is 7.53. The molecule has 0 radical (unpaired) electrons. The Balaban J connectivity index is 1.99. The maximum absolute atomic E-state index is 6.09. The zero-order valence-electron chi connectivity index (χ0n) is 11.6. The van der Waals surface area contributed by atoms with Crippen LogP contribution >= 0.6 is 0 Å². The van der Waals surface area contributed by atoms with Crippen LogP contribution in [0.2, 0.25) is 0 Å². The van der Waals surface area contributed by atoms with Crippen LogP contribution in [-0.2, 0) is 18.2 Å². The van der Waals surface area contributed by atoms with Crippen molar-refractivity contribution in [2.75, 3.05) is 24.2 Å². The molecule has 2 heterocycles. The van der Waals surface area contributed by atoms with E-state index < -0.39 is 0 Å². The molecule has 1 aliphatic rings. The Labute approximate surface area is 109 Å². The number of nitrogens with one attached hydrogen (secondary N) is 1. The molecule has 0 bridgehead atoms. The molecule has 3 N–H and O–H groups in total. The van der Waals surface area contributed by atoms with Crippen LogP contribution in [0.1, 0.15) is 32.4 Å². The normalized spacial score (nSPS) is 23.5. The van der Waals surface area contributed by atoms with Gasteiger partial charge in [-0.3, -0.25) is 4.68 Å². The molecule has 0 aliphatic carbocycles. The second-order valence-corrected chi connectivity index (χ2v) is 4.93. The van der Waals surface area contributed by atoms with Crippen LogP contribution in [0.5, 0.6) is 0 Å². The third-order valence-corrected chi connectivity index (χ3v) is 3.78. The third kappa shape index (κ3) is 2.46. The van der Waals surface area contributed by atoms with Gasteiger partial charge in [0.1, 0.15) is 5.82 Å². The number of aromatic nitrogens is 2. The molecule has 1 aromatic rings. The van der Waals surface area contributed by atoms with E-state index >= 15 is 0 Å². The molecule has 102 valence electrons. The molecule has 0 spiro atoms.